The van der Waals surface area contributed by atoms with E-state index >= 15 is 0 Å². The van der Waals surface area contributed by atoms with E-state index in [1.54, 1.807) is 0 Å². The Balaban J connectivity index is 3.41. The molecule has 0 radical (unpaired) electrons. The van der Waals surface area contributed by atoms with Gasteiger partial charge in [-0.3, -0.25) is 4.48 Å². The van der Waals surface area contributed by atoms with Crippen LogP contribution in [0.4, 0.5) is 0 Å². The molecule has 0 aromatic rings. The van der Waals surface area contributed by atoms with E-state index in [1.807, 2.05) is 14.1 Å². The van der Waals surface area contributed by atoms with Crippen molar-refractivity contribution in [1.82, 2.24) is 0 Å². The van der Waals surface area contributed by atoms with Gasteiger partial charge in [0.25, 0.3) is 0 Å². The highest BCUT2D eigenvalue weighted by Gasteiger charge is 2.23. The average Bonchev–Trinajstić information content (AvgIpc) is 2.36. The van der Waals surface area contributed by atoms with E-state index in [0.717, 1.165) is 25.8 Å². The van der Waals surface area contributed by atoms with E-state index in [4.69, 9.17) is 0 Å². The molecule has 0 N–H and O–H groups in total. The van der Waals surface area contributed by atoms with Crippen LogP contribution in [-0.4, -0.2) is 31.0 Å². The lowest BCUT2D eigenvalue weighted by atomic mass is 10.1. The minimum atomic E-state index is 0.407. The number of nitrogens with zero attached hydrogens (tertiary/aromatic N) is 1. The number of unbranched alkanes of at least 4 members (excludes halogenated alkanes) is 8. The van der Waals surface area contributed by atoms with E-state index in [9.17, 15) is 4.79 Å². The van der Waals surface area contributed by atoms with Crippen molar-refractivity contribution in [3.63, 3.8) is 0 Å². The highest BCUT2D eigenvalue weighted by molar-refractivity contribution is 5.68. The van der Waals surface area contributed by atoms with Gasteiger partial charge < -0.3 is 0 Å². The van der Waals surface area contributed by atoms with Crippen LogP contribution in [0.1, 0.15) is 84.5 Å². The van der Waals surface area contributed by atoms with Gasteiger partial charge in [-0.05, 0) is 12.8 Å². The van der Waals surface area contributed by atoms with Gasteiger partial charge in [-0.2, -0.15) is 0 Å². The van der Waals surface area contributed by atoms with Gasteiger partial charge in [0.2, 0.25) is 0 Å². The third-order valence-corrected chi connectivity index (χ3v) is 3.95. The van der Waals surface area contributed by atoms with E-state index < -0.39 is 0 Å². The molecule has 0 aromatic carbocycles. The molecule has 19 heavy (non-hydrogen) atoms. The van der Waals surface area contributed by atoms with Crippen molar-refractivity contribution >= 4 is 5.91 Å². The summed E-state index contributed by atoms with van der Waals surface area (Å²) in [5.41, 5.74) is 0. The molecule has 1 amide bonds. The number of hydrogen-bond donors (Lipinski definition) is 0. The van der Waals surface area contributed by atoms with Gasteiger partial charge in [-0.15, -0.1) is 0 Å². The Morgan fingerprint density at radius 1 is 0.737 bits per heavy atom. The van der Waals surface area contributed by atoms with Crippen molar-refractivity contribution < 1.29 is 9.28 Å². The monoisotopic (exact) mass is 270 g/mol. The van der Waals surface area contributed by atoms with Gasteiger partial charge in [-0.1, -0.05) is 65.2 Å². The fraction of sp³-hybridized carbons (Fsp3) is 0.941. The summed E-state index contributed by atoms with van der Waals surface area (Å²) in [6, 6.07) is 0. The largest absolute Gasteiger partial charge is 0.313 e. The van der Waals surface area contributed by atoms with Gasteiger partial charge in [-0.25, -0.2) is 4.79 Å². The standard InChI is InChI=1S/C17H36NO/c1-5-7-8-9-10-11-12-13-14-15-17(19)18(3,4)16-6-2/h5-16H2,1-4H3/q+1. The van der Waals surface area contributed by atoms with Crippen molar-refractivity contribution in [2.45, 2.75) is 84.5 Å². The van der Waals surface area contributed by atoms with Crippen LogP contribution >= 0.6 is 0 Å². The normalized spacial score (nSPS) is 11.8. The predicted molar refractivity (Wildman–Crippen MR) is 84.1 cm³/mol. The Morgan fingerprint density at radius 2 is 1.21 bits per heavy atom. The van der Waals surface area contributed by atoms with Crippen LogP contribution in [0.3, 0.4) is 0 Å². The number of rotatable bonds is 12. The molecule has 114 valence electrons. The first kappa shape index (κ1) is 18.6. The van der Waals surface area contributed by atoms with E-state index in [1.165, 1.54) is 51.4 Å². The lowest BCUT2D eigenvalue weighted by Gasteiger charge is -2.26. The summed E-state index contributed by atoms with van der Waals surface area (Å²) in [4.78, 5) is 12.0. The quantitative estimate of drug-likeness (QED) is 0.363. The second-order valence-electron chi connectivity index (χ2n) is 6.38. The van der Waals surface area contributed by atoms with Crippen molar-refractivity contribution in [3.05, 3.63) is 0 Å². The van der Waals surface area contributed by atoms with Gasteiger partial charge >= 0.3 is 5.91 Å². The maximum Gasteiger partial charge on any atom is 0.313 e. The zero-order valence-electron chi connectivity index (χ0n) is 13.8. The zero-order chi connectivity index (χ0) is 14.6. The summed E-state index contributed by atoms with van der Waals surface area (Å²) in [7, 11) is 4.08. The van der Waals surface area contributed by atoms with Crippen LogP contribution in [0.2, 0.25) is 0 Å². The molecule has 2 heteroatoms. The summed E-state index contributed by atoms with van der Waals surface area (Å²) < 4.78 is 0.563. The first-order valence-corrected chi connectivity index (χ1v) is 8.41. The molecule has 0 atom stereocenters. The number of carbonyl (C=O) groups is 1. The molecular weight excluding hydrogens is 234 g/mol. The van der Waals surface area contributed by atoms with E-state index in [0.29, 0.717) is 10.4 Å². The van der Waals surface area contributed by atoms with Gasteiger partial charge in [0.1, 0.15) is 0 Å². The minimum Gasteiger partial charge on any atom is -0.265 e. The molecule has 0 aliphatic carbocycles. The van der Waals surface area contributed by atoms with Gasteiger partial charge in [0, 0.05) is 0 Å². The van der Waals surface area contributed by atoms with Crippen molar-refractivity contribution in [1.29, 1.82) is 0 Å². The predicted octanol–water partition coefficient (Wildman–Crippen LogP) is 4.92. The Kier molecular flexibility index (Phi) is 11.2. The fourth-order valence-corrected chi connectivity index (χ4v) is 2.57. The van der Waals surface area contributed by atoms with Crippen LogP contribution in [0, 0.1) is 0 Å². The molecule has 0 aliphatic heterocycles. The highest BCUT2D eigenvalue weighted by atomic mass is 16.2. The Bertz CT molecular complexity index is 223. The van der Waals surface area contributed by atoms with Crippen LogP contribution < -0.4 is 0 Å². The Morgan fingerprint density at radius 3 is 1.68 bits per heavy atom. The zero-order valence-corrected chi connectivity index (χ0v) is 13.8. The fourth-order valence-electron chi connectivity index (χ4n) is 2.57. The van der Waals surface area contributed by atoms with Crippen LogP contribution in [-0.2, 0) is 4.79 Å². The van der Waals surface area contributed by atoms with Crippen LogP contribution in [0.25, 0.3) is 0 Å². The third-order valence-electron chi connectivity index (χ3n) is 3.95. The van der Waals surface area contributed by atoms with Crippen molar-refractivity contribution in [2.75, 3.05) is 20.6 Å². The molecule has 2 nitrogen and oxygen atoms in total. The summed E-state index contributed by atoms with van der Waals surface area (Å²) in [5.74, 6) is 0.407. The average molecular weight is 270 g/mol. The maximum absolute atomic E-state index is 12.0. The Labute approximate surface area is 121 Å². The second kappa shape index (κ2) is 11.5. The van der Waals surface area contributed by atoms with Gasteiger partial charge in [0.15, 0.2) is 0 Å². The molecular formula is C17H36NO+. The minimum absolute atomic E-state index is 0.407. The lowest BCUT2D eigenvalue weighted by molar-refractivity contribution is -0.814. The maximum atomic E-state index is 12.0. The molecule has 0 fully saturated rings. The molecule has 0 spiro atoms. The molecule has 0 saturated heterocycles. The van der Waals surface area contributed by atoms with Gasteiger partial charge in [0.05, 0.1) is 27.1 Å². The lowest BCUT2D eigenvalue weighted by Crippen LogP contribution is -2.45. The second-order valence-corrected chi connectivity index (χ2v) is 6.38. The van der Waals surface area contributed by atoms with Crippen molar-refractivity contribution in [2.24, 2.45) is 0 Å². The third kappa shape index (κ3) is 10.1. The Hall–Kier alpha value is -0.370. The number of carbonyl (C=O) groups excluding carboxylic acids is 1. The molecule has 0 rings (SSSR count). The first-order chi connectivity index (χ1) is 9.04. The summed E-state index contributed by atoms with van der Waals surface area (Å²) in [6.07, 6.45) is 13.7. The molecule has 0 aliphatic rings. The van der Waals surface area contributed by atoms with Crippen molar-refractivity contribution in [3.8, 4) is 0 Å². The molecule has 0 bridgehead atoms. The summed E-state index contributed by atoms with van der Waals surface area (Å²) in [6.45, 7) is 5.37. The molecule has 0 unspecified atom stereocenters. The summed E-state index contributed by atoms with van der Waals surface area (Å²) in [5, 5.41) is 0. The van der Waals surface area contributed by atoms with E-state index in [2.05, 4.69) is 13.8 Å². The highest BCUT2D eigenvalue weighted by Crippen LogP contribution is 2.12. The first-order valence-electron chi connectivity index (χ1n) is 8.41. The van der Waals surface area contributed by atoms with Crippen LogP contribution in [0.5, 0.6) is 0 Å². The molecule has 0 heterocycles. The SMILES string of the molecule is CCCCCCCCCCCC(=O)[N+](C)(C)CCC. The number of amides is 1. The number of hydrogen-bond acceptors (Lipinski definition) is 1. The van der Waals surface area contributed by atoms with Crippen LogP contribution in [0.15, 0.2) is 0 Å². The van der Waals surface area contributed by atoms with E-state index in [-0.39, 0.29) is 0 Å². The topological polar surface area (TPSA) is 17.1 Å². The number of quaternary nitrogens is 1. The smallest absolute Gasteiger partial charge is 0.265 e. The summed E-state index contributed by atoms with van der Waals surface area (Å²) >= 11 is 0. The molecule has 0 aromatic heterocycles. The molecule has 0 saturated carbocycles.